The van der Waals surface area contributed by atoms with Crippen molar-refractivity contribution in [1.29, 1.82) is 0 Å². The zero-order chi connectivity index (χ0) is 13.7. The highest BCUT2D eigenvalue weighted by Crippen LogP contribution is 2.35. The summed E-state index contributed by atoms with van der Waals surface area (Å²) < 4.78 is 4.56. The van der Waals surface area contributed by atoms with Crippen molar-refractivity contribution in [1.82, 2.24) is 10.2 Å². The van der Waals surface area contributed by atoms with Gasteiger partial charge in [0.25, 0.3) is 0 Å². The fourth-order valence-corrected chi connectivity index (χ4v) is 3.35. The number of urea groups is 1. The van der Waals surface area contributed by atoms with Crippen LogP contribution in [0.3, 0.4) is 0 Å². The number of nitrogens with zero attached hydrogens (tertiary/aromatic N) is 1. The Kier molecular flexibility index (Phi) is 5.05. The number of ether oxygens (including phenoxy) is 1. The lowest BCUT2D eigenvalue weighted by atomic mass is 9.78. The molecule has 0 aromatic carbocycles. The third-order valence-electron chi connectivity index (χ3n) is 4.34. The Balaban J connectivity index is 1.81. The molecule has 2 unspecified atom stereocenters. The minimum Gasteiger partial charge on any atom is -0.469 e. The predicted octanol–water partition coefficient (Wildman–Crippen LogP) is 1.91. The van der Waals surface area contributed by atoms with Crippen LogP contribution in [0.5, 0.6) is 0 Å². The Labute approximate surface area is 114 Å². The van der Waals surface area contributed by atoms with Crippen molar-refractivity contribution < 1.29 is 14.3 Å². The quantitative estimate of drug-likeness (QED) is 0.795. The number of hydrogen-bond donors (Lipinski definition) is 1. The molecule has 1 N–H and O–H groups in total. The van der Waals surface area contributed by atoms with Gasteiger partial charge in [0, 0.05) is 19.1 Å². The van der Waals surface area contributed by atoms with Crippen molar-refractivity contribution in [3.8, 4) is 0 Å². The van der Waals surface area contributed by atoms with Gasteiger partial charge < -0.3 is 15.0 Å². The lowest BCUT2D eigenvalue weighted by Crippen LogP contribution is -2.53. The molecular formula is C14H24N2O3. The maximum Gasteiger partial charge on any atom is 0.317 e. The second-order valence-electron chi connectivity index (χ2n) is 5.51. The smallest absolute Gasteiger partial charge is 0.317 e. The fraction of sp³-hybridized carbons (Fsp3) is 0.857. The van der Waals surface area contributed by atoms with Crippen molar-refractivity contribution in [3.05, 3.63) is 0 Å². The molecular weight excluding hydrogens is 244 g/mol. The summed E-state index contributed by atoms with van der Waals surface area (Å²) in [6.45, 7) is 1.21. The van der Waals surface area contributed by atoms with Crippen LogP contribution in [0, 0.1) is 5.92 Å². The Morgan fingerprint density at radius 3 is 2.74 bits per heavy atom. The van der Waals surface area contributed by atoms with Gasteiger partial charge in [-0.2, -0.15) is 0 Å². The number of carbonyl (C=O) groups excluding carboxylic acids is 2. The molecule has 2 rings (SSSR count). The summed E-state index contributed by atoms with van der Waals surface area (Å²) in [5.74, 6) is 0.406. The van der Waals surface area contributed by atoms with E-state index in [9.17, 15) is 9.59 Å². The molecule has 1 heterocycles. The number of hydrogen-bond acceptors (Lipinski definition) is 3. The molecule has 1 aliphatic carbocycles. The molecule has 0 radical (unpaired) electrons. The number of methoxy groups -OCH3 is 1. The van der Waals surface area contributed by atoms with E-state index in [2.05, 4.69) is 10.1 Å². The number of carbonyl (C=O) groups is 2. The summed E-state index contributed by atoms with van der Waals surface area (Å²) in [6.07, 6.45) is 7.53. The lowest BCUT2D eigenvalue weighted by molar-refractivity contribution is -0.140. The molecule has 1 saturated heterocycles. The van der Waals surface area contributed by atoms with Crippen molar-refractivity contribution in [2.45, 2.75) is 51.0 Å². The van der Waals surface area contributed by atoms with Crippen LogP contribution in [-0.4, -0.2) is 43.1 Å². The minimum absolute atomic E-state index is 0.0134. The molecule has 2 amide bonds. The highest BCUT2D eigenvalue weighted by atomic mass is 16.5. The van der Waals surface area contributed by atoms with Crippen LogP contribution in [0.15, 0.2) is 0 Å². The number of nitrogens with one attached hydrogen (secondary N) is 1. The Hall–Kier alpha value is -1.26. The van der Waals surface area contributed by atoms with Crippen LogP contribution in [0.2, 0.25) is 0 Å². The molecule has 19 heavy (non-hydrogen) atoms. The van der Waals surface area contributed by atoms with Crippen LogP contribution >= 0.6 is 0 Å². The Bertz CT molecular complexity index is 331. The van der Waals surface area contributed by atoms with Crippen molar-refractivity contribution in [2.75, 3.05) is 20.2 Å². The van der Waals surface area contributed by atoms with Gasteiger partial charge in [-0.05, 0) is 31.6 Å². The summed E-state index contributed by atoms with van der Waals surface area (Å²) in [5.41, 5.74) is 0. The second kappa shape index (κ2) is 6.78. The highest BCUT2D eigenvalue weighted by Gasteiger charge is 2.35. The first-order valence-corrected chi connectivity index (χ1v) is 7.33. The van der Waals surface area contributed by atoms with Gasteiger partial charge in [0.2, 0.25) is 0 Å². The second-order valence-corrected chi connectivity index (χ2v) is 5.51. The topological polar surface area (TPSA) is 58.6 Å². The summed E-state index contributed by atoms with van der Waals surface area (Å²) in [4.78, 5) is 25.2. The average Bonchev–Trinajstić information content (AvgIpc) is 2.46. The molecule has 0 aromatic rings. The van der Waals surface area contributed by atoms with Crippen LogP contribution in [-0.2, 0) is 9.53 Å². The summed E-state index contributed by atoms with van der Waals surface area (Å²) in [5, 5.41) is 2.84. The summed E-state index contributed by atoms with van der Waals surface area (Å²) >= 11 is 0. The molecule has 0 bridgehead atoms. The zero-order valence-electron chi connectivity index (χ0n) is 11.7. The monoisotopic (exact) mass is 268 g/mol. The Morgan fingerprint density at radius 2 is 1.95 bits per heavy atom. The van der Waals surface area contributed by atoms with E-state index >= 15 is 0 Å². The minimum atomic E-state index is -0.283. The van der Waals surface area contributed by atoms with Gasteiger partial charge in [0.05, 0.1) is 13.5 Å². The Morgan fingerprint density at radius 1 is 1.21 bits per heavy atom. The fourth-order valence-electron chi connectivity index (χ4n) is 3.35. The lowest BCUT2D eigenvalue weighted by Gasteiger charge is -2.44. The van der Waals surface area contributed by atoms with E-state index < -0.39 is 0 Å². The van der Waals surface area contributed by atoms with Gasteiger partial charge in [-0.15, -0.1) is 0 Å². The van der Waals surface area contributed by atoms with Crippen LogP contribution in [0.4, 0.5) is 4.79 Å². The van der Waals surface area contributed by atoms with E-state index in [1.807, 2.05) is 4.90 Å². The van der Waals surface area contributed by atoms with E-state index in [1.54, 1.807) is 0 Å². The molecule has 2 aliphatic rings. The van der Waals surface area contributed by atoms with Crippen molar-refractivity contribution >= 4 is 12.0 Å². The summed E-state index contributed by atoms with van der Waals surface area (Å²) in [7, 11) is 1.36. The van der Waals surface area contributed by atoms with Crippen molar-refractivity contribution in [2.24, 2.45) is 5.92 Å². The first kappa shape index (κ1) is 14.2. The number of rotatable bonds is 3. The van der Waals surface area contributed by atoms with E-state index in [0.29, 0.717) is 18.5 Å². The molecule has 1 aliphatic heterocycles. The molecule has 2 fully saturated rings. The molecule has 2 atom stereocenters. The maximum atomic E-state index is 12.2. The number of esters is 1. The molecule has 5 heteroatoms. The molecule has 0 aromatic heterocycles. The number of piperidine rings is 1. The van der Waals surface area contributed by atoms with E-state index in [1.165, 1.54) is 32.8 Å². The molecule has 0 spiro atoms. The average molecular weight is 268 g/mol. The van der Waals surface area contributed by atoms with Gasteiger partial charge in [0.1, 0.15) is 0 Å². The van der Waals surface area contributed by atoms with Gasteiger partial charge in [0.15, 0.2) is 0 Å². The first-order chi connectivity index (χ1) is 9.22. The standard InChI is InChI=1S/C14H24N2O3/c1-19-13(17)8-9-15-14(18)16-10-4-6-11-5-2-3-7-12(11)16/h11-12H,2-10H2,1H3,(H,15,18). The molecule has 1 saturated carbocycles. The molecule has 5 nitrogen and oxygen atoms in total. The predicted molar refractivity (Wildman–Crippen MR) is 71.7 cm³/mol. The number of likely N-dealkylation sites (tertiary alicyclic amines) is 1. The maximum absolute atomic E-state index is 12.2. The highest BCUT2D eigenvalue weighted by molar-refractivity contribution is 5.76. The normalized spacial score (nSPS) is 26.5. The van der Waals surface area contributed by atoms with E-state index in [0.717, 1.165) is 19.4 Å². The molecule has 108 valence electrons. The van der Waals surface area contributed by atoms with Crippen LogP contribution < -0.4 is 5.32 Å². The van der Waals surface area contributed by atoms with Crippen LogP contribution in [0.25, 0.3) is 0 Å². The zero-order valence-corrected chi connectivity index (χ0v) is 11.7. The van der Waals surface area contributed by atoms with E-state index in [4.69, 9.17) is 0 Å². The van der Waals surface area contributed by atoms with Crippen LogP contribution in [0.1, 0.15) is 44.9 Å². The largest absolute Gasteiger partial charge is 0.469 e. The third kappa shape index (κ3) is 3.61. The van der Waals surface area contributed by atoms with Gasteiger partial charge >= 0.3 is 12.0 Å². The third-order valence-corrected chi connectivity index (χ3v) is 4.34. The van der Waals surface area contributed by atoms with Gasteiger partial charge in [-0.3, -0.25) is 4.79 Å². The number of fused-ring (bicyclic) bond motifs is 1. The van der Waals surface area contributed by atoms with Crippen molar-refractivity contribution in [3.63, 3.8) is 0 Å². The first-order valence-electron chi connectivity index (χ1n) is 7.33. The van der Waals surface area contributed by atoms with E-state index in [-0.39, 0.29) is 18.4 Å². The summed E-state index contributed by atoms with van der Waals surface area (Å²) in [6, 6.07) is 0.404. The van der Waals surface area contributed by atoms with Gasteiger partial charge in [-0.1, -0.05) is 12.8 Å². The SMILES string of the molecule is COC(=O)CCNC(=O)N1CCCC2CCCCC21. The van der Waals surface area contributed by atoms with Gasteiger partial charge in [-0.25, -0.2) is 4.79 Å². The number of amides is 2.